The maximum absolute atomic E-state index is 6.18. The van der Waals surface area contributed by atoms with E-state index in [1.807, 2.05) is 42.5 Å². The predicted molar refractivity (Wildman–Crippen MR) is 70.2 cm³/mol. The first-order chi connectivity index (χ1) is 8.31. The van der Waals surface area contributed by atoms with Gasteiger partial charge in [0.1, 0.15) is 11.3 Å². The molecule has 0 bridgehead atoms. The average molecular weight is 224 g/mol. The number of para-hydroxylation sites is 2. The molecule has 84 valence electrons. The summed E-state index contributed by atoms with van der Waals surface area (Å²) in [6.45, 7) is 0. The molecule has 1 aromatic heterocycles. The van der Waals surface area contributed by atoms with Gasteiger partial charge in [0.25, 0.3) is 0 Å². The largest absolute Gasteiger partial charge is 0.494 e. The number of nitrogens with zero attached hydrogens (tertiary/aromatic N) is 1. The summed E-state index contributed by atoms with van der Waals surface area (Å²) in [5.74, 6) is 0.750. The summed E-state index contributed by atoms with van der Waals surface area (Å²) in [6.07, 6.45) is 0. The lowest BCUT2D eigenvalue weighted by atomic mass is 10.1. The number of hydrogen-bond acceptors (Lipinski definition) is 3. The molecule has 3 nitrogen and oxygen atoms in total. The van der Waals surface area contributed by atoms with Crippen molar-refractivity contribution < 1.29 is 4.74 Å². The van der Waals surface area contributed by atoms with Crippen molar-refractivity contribution in [2.45, 2.75) is 0 Å². The number of anilines is 1. The Labute approximate surface area is 98.8 Å². The van der Waals surface area contributed by atoms with Crippen LogP contribution in [0.1, 0.15) is 0 Å². The number of rotatable bonds is 1. The van der Waals surface area contributed by atoms with Crippen molar-refractivity contribution >= 4 is 27.5 Å². The number of methoxy groups -OCH3 is 1. The van der Waals surface area contributed by atoms with E-state index in [1.165, 1.54) is 0 Å². The number of aromatic nitrogens is 1. The zero-order valence-corrected chi connectivity index (χ0v) is 9.47. The molecular weight excluding hydrogens is 212 g/mol. The van der Waals surface area contributed by atoms with Crippen LogP contribution in [0.25, 0.3) is 21.8 Å². The van der Waals surface area contributed by atoms with Crippen molar-refractivity contribution in [3.8, 4) is 5.75 Å². The average Bonchev–Trinajstić information content (AvgIpc) is 2.38. The minimum absolute atomic E-state index is 0.750. The monoisotopic (exact) mass is 224 g/mol. The molecule has 3 aromatic rings. The lowest BCUT2D eigenvalue weighted by Crippen LogP contribution is -1.94. The van der Waals surface area contributed by atoms with Crippen LogP contribution in [-0.4, -0.2) is 12.1 Å². The van der Waals surface area contributed by atoms with E-state index in [2.05, 4.69) is 4.98 Å². The lowest BCUT2D eigenvalue weighted by molar-refractivity contribution is 0.419. The summed E-state index contributed by atoms with van der Waals surface area (Å²) in [4.78, 5) is 4.60. The summed E-state index contributed by atoms with van der Waals surface area (Å²) in [5.41, 5.74) is 8.64. The number of nitrogen functional groups attached to an aromatic ring is 1. The van der Waals surface area contributed by atoms with Gasteiger partial charge in [-0.05, 0) is 12.1 Å². The van der Waals surface area contributed by atoms with Crippen LogP contribution in [0.3, 0.4) is 0 Å². The Kier molecular flexibility index (Phi) is 2.11. The number of ether oxygens (including phenoxy) is 1. The van der Waals surface area contributed by atoms with E-state index in [0.717, 1.165) is 33.2 Å². The molecule has 1 heterocycles. The van der Waals surface area contributed by atoms with E-state index >= 15 is 0 Å². The highest BCUT2D eigenvalue weighted by Crippen LogP contribution is 2.32. The van der Waals surface area contributed by atoms with Gasteiger partial charge in [0.2, 0.25) is 0 Å². The molecular formula is C14H12N2O. The third kappa shape index (κ3) is 1.40. The third-order valence-electron chi connectivity index (χ3n) is 2.94. The van der Waals surface area contributed by atoms with Crippen molar-refractivity contribution in [2.24, 2.45) is 0 Å². The Balaban J connectivity index is 2.54. The molecule has 0 saturated heterocycles. The molecule has 0 fully saturated rings. The highest BCUT2D eigenvalue weighted by atomic mass is 16.5. The summed E-state index contributed by atoms with van der Waals surface area (Å²) in [5, 5.41) is 1.91. The molecule has 0 unspecified atom stereocenters. The molecule has 3 heteroatoms. The van der Waals surface area contributed by atoms with Crippen LogP contribution in [0.2, 0.25) is 0 Å². The van der Waals surface area contributed by atoms with Crippen molar-refractivity contribution in [1.82, 2.24) is 4.98 Å². The van der Waals surface area contributed by atoms with Gasteiger partial charge in [-0.3, -0.25) is 0 Å². The van der Waals surface area contributed by atoms with E-state index < -0.39 is 0 Å². The van der Waals surface area contributed by atoms with Crippen LogP contribution in [-0.2, 0) is 0 Å². The molecule has 17 heavy (non-hydrogen) atoms. The number of fused-ring (bicyclic) bond motifs is 2. The molecule has 0 aliphatic carbocycles. The number of pyridine rings is 1. The molecule has 0 radical (unpaired) electrons. The molecule has 0 aliphatic rings. The van der Waals surface area contributed by atoms with Crippen LogP contribution in [0.5, 0.6) is 5.75 Å². The zero-order chi connectivity index (χ0) is 11.8. The van der Waals surface area contributed by atoms with Gasteiger partial charge < -0.3 is 10.5 Å². The van der Waals surface area contributed by atoms with Crippen LogP contribution in [0, 0.1) is 0 Å². The number of nitrogens with two attached hydrogens (primary N) is 1. The molecule has 2 aromatic carbocycles. The smallest absolute Gasteiger partial charge is 0.145 e. The van der Waals surface area contributed by atoms with Crippen molar-refractivity contribution in [1.29, 1.82) is 0 Å². The number of hydrogen-bond donors (Lipinski definition) is 1. The van der Waals surface area contributed by atoms with E-state index in [1.54, 1.807) is 7.11 Å². The molecule has 0 atom stereocenters. The van der Waals surface area contributed by atoms with Crippen molar-refractivity contribution in [3.63, 3.8) is 0 Å². The van der Waals surface area contributed by atoms with Crippen LogP contribution in [0.15, 0.2) is 42.5 Å². The van der Waals surface area contributed by atoms with E-state index in [9.17, 15) is 0 Å². The standard InChI is InChI=1S/C14H12N2O/c1-17-12-8-4-6-10-13(15)9-5-2-3-7-11(9)16-14(10)12/h2-8H,1H3,(H2,15,16). The van der Waals surface area contributed by atoms with Gasteiger partial charge in [-0.25, -0.2) is 4.98 Å². The molecule has 0 aliphatic heterocycles. The van der Waals surface area contributed by atoms with Gasteiger partial charge in [0.05, 0.1) is 18.3 Å². The predicted octanol–water partition coefficient (Wildman–Crippen LogP) is 2.98. The van der Waals surface area contributed by atoms with Gasteiger partial charge in [-0.1, -0.05) is 30.3 Å². The van der Waals surface area contributed by atoms with Gasteiger partial charge in [-0.15, -0.1) is 0 Å². The van der Waals surface area contributed by atoms with Gasteiger partial charge in [0.15, 0.2) is 0 Å². The SMILES string of the molecule is COc1cccc2c(N)c3ccccc3nc12. The summed E-state index contributed by atoms with van der Waals surface area (Å²) < 4.78 is 5.31. The van der Waals surface area contributed by atoms with Crippen molar-refractivity contribution in [3.05, 3.63) is 42.5 Å². The first-order valence-electron chi connectivity index (χ1n) is 5.42. The van der Waals surface area contributed by atoms with Gasteiger partial charge in [-0.2, -0.15) is 0 Å². The fourth-order valence-electron chi connectivity index (χ4n) is 2.08. The Bertz CT molecular complexity index is 707. The molecule has 0 spiro atoms. The highest BCUT2D eigenvalue weighted by Gasteiger charge is 2.08. The second-order valence-electron chi connectivity index (χ2n) is 3.90. The Morgan fingerprint density at radius 1 is 1.00 bits per heavy atom. The van der Waals surface area contributed by atoms with E-state index in [-0.39, 0.29) is 0 Å². The first kappa shape index (κ1) is 9.90. The topological polar surface area (TPSA) is 48.1 Å². The molecule has 0 amide bonds. The maximum Gasteiger partial charge on any atom is 0.145 e. The normalized spacial score (nSPS) is 10.9. The summed E-state index contributed by atoms with van der Waals surface area (Å²) in [6, 6.07) is 13.6. The Morgan fingerprint density at radius 3 is 2.59 bits per heavy atom. The fourth-order valence-corrected chi connectivity index (χ4v) is 2.08. The molecule has 2 N–H and O–H groups in total. The van der Waals surface area contributed by atoms with Crippen LogP contribution < -0.4 is 10.5 Å². The van der Waals surface area contributed by atoms with E-state index in [0.29, 0.717) is 0 Å². The van der Waals surface area contributed by atoms with Gasteiger partial charge in [0, 0.05) is 10.8 Å². The lowest BCUT2D eigenvalue weighted by Gasteiger charge is -2.09. The fraction of sp³-hybridized carbons (Fsp3) is 0.0714. The molecule has 3 rings (SSSR count). The minimum atomic E-state index is 0.750. The van der Waals surface area contributed by atoms with Crippen LogP contribution in [0.4, 0.5) is 5.69 Å². The number of benzene rings is 2. The van der Waals surface area contributed by atoms with Crippen molar-refractivity contribution in [2.75, 3.05) is 12.8 Å². The molecule has 0 saturated carbocycles. The van der Waals surface area contributed by atoms with Gasteiger partial charge >= 0.3 is 0 Å². The Hall–Kier alpha value is -2.29. The second kappa shape index (κ2) is 3.63. The summed E-state index contributed by atoms with van der Waals surface area (Å²) in [7, 11) is 1.64. The quantitative estimate of drug-likeness (QED) is 0.646. The maximum atomic E-state index is 6.18. The Morgan fingerprint density at radius 2 is 1.76 bits per heavy atom. The van der Waals surface area contributed by atoms with E-state index in [4.69, 9.17) is 10.5 Å². The minimum Gasteiger partial charge on any atom is -0.494 e. The highest BCUT2D eigenvalue weighted by molar-refractivity contribution is 6.07. The van der Waals surface area contributed by atoms with Crippen LogP contribution >= 0.6 is 0 Å². The second-order valence-corrected chi connectivity index (χ2v) is 3.90. The summed E-state index contributed by atoms with van der Waals surface area (Å²) >= 11 is 0. The third-order valence-corrected chi connectivity index (χ3v) is 2.94. The first-order valence-corrected chi connectivity index (χ1v) is 5.42. The zero-order valence-electron chi connectivity index (χ0n) is 9.47.